The van der Waals surface area contributed by atoms with E-state index >= 15 is 0 Å². The average Bonchev–Trinajstić information content (AvgIpc) is 2.96. The van der Waals surface area contributed by atoms with Crippen LogP contribution in [0.5, 0.6) is 0 Å². The molecule has 0 aliphatic carbocycles. The molecular weight excluding hydrogens is 360 g/mol. The van der Waals surface area contributed by atoms with Crippen molar-refractivity contribution in [3.05, 3.63) is 58.6 Å². The molecule has 1 atom stereocenters. The Kier molecular flexibility index (Phi) is 5.29. The highest BCUT2D eigenvalue weighted by Crippen LogP contribution is 2.30. The molecule has 3 rings (SSSR count). The molecular formula is C22H25ClN2O2. The average molecular weight is 385 g/mol. The maximum Gasteiger partial charge on any atom is 0.229 e. The van der Waals surface area contributed by atoms with Crippen molar-refractivity contribution in [1.82, 2.24) is 0 Å². The van der Waals surface area contributed by atoms with Crippen LogP contribution in [-0.4, -0.2) is 18.4 Å². The van der Waals surface area contributed by atoms with Gasteiger partial charge in [-0.25, -0.2) is 0 Å². The van der Waals surface area contributed by atoms with Gasteiger partial charge in [-0.1, -0.05) is 44.5 Å². The van der Waals surface area contributed by atoms with Crippen molar-refractivity contribution in [1.29, 1.82) is 0 Å². The van der Waals surface area contributed by atoms with E-state index in [1.807, 2.05) is 43.3 Å². The van der Waals surface area contributed by atoms with Crippen LogP contribution in [0.15, 0.2) is 42.5 Å². The highest BCUT2D eigenvalue weighted by molar-refractivity contribution is 6.30. The first kappa shape index (κ1) is 19.4. The van der Waals surface area contributed by atoms with E-state index in [4.69, 9.17) is 11.6 Å². The molecule has 0 saturated carbocycles. The predicted molar refractivity (Wildman–Crippen MR) is 110 cm³/mol. The van der Waals surface area contributed by atoms with Crippen molar-refractivity contribution in [2.45, 2.75) is 39.5 Å². The van der Waals surface area contributed by atoms with Gasteiger partial charge in [0.2, 0.25) is 11.8 Å². The summed E-state index contributed by atoms with van der Waals surface area (Å²) in [6.07, 6.45) is 0.216. The minimum atomic E-state index is -0.366. The first-order valence-electron chi connectivity index (χ1n) is 9.13. The summed E-state index contributed by atoms with van der Waals surface area (Å²) in [7, 11) is 0. The van der Waals surface area contributed by atoms with Gasteiger partial charge in [0.25, 0.3) is 0 Å². The molecule has 1 aliphatic heterocycles. The summed E-state index contributed by atoms with van der Waals surface area (Å²) in [4.78, 5) is 26.8. The third-order valence-corrected chi connectivity index (χ3v) is 5.20. The number of rotatable bonds is 3. The van der Waals surface area contributed by atoms with Crippen LogP contribution >= 0.6 is 11.6 Å². The molecule has 1 N–H and O–H groups in total. The number of hydrogen-bond donors (Lipinski definition) is 1. The summed E-state index contributed by atoms with van der Waals surface area (Å²) in [6, 6.07) is 13.3. The molecule has 0 bridgehead atoms. The zero-order valence-electron chi connectivity index (χ0n) is 16.2. The smallest absolute Gasteiger partial charge is 0.229 e. The highest BCUT2D eigenvalue weighted by Gasteiger charge is 2.35. The fraction of sp³-hybridized carbons (Fsp3) is 0.364. The van der Waals surface area contributed by atoms with Gasteiger partial charge in [0.05, 0.1) is 5.92 Å². The molecule has 2 aromatic carbocycles. The number of amides is 2. The van der Waals surface area contributed by atoms with Gasteiger partial charge in [0, 0.05) is 29.4 Å². The third kappa shape index (κ3) is 4.33. The lowest BCUT2D eigenvalue weighted by molar-refractivity contribution is -0.122. The second kappa shape index (κ2) is 7.35. The molecule has 1 saturated heterocycles. The topological polar surface area (TPSA) is 49.4 Å². The fourth-order valence-corrected chi connectivity index (χ4v) is 3.56. The molecule has 1 heterocycles. The van der Waals surface area contributed by atoms with E-state index in [1.165, 1.54) is 5.56 Å². The molecule has 0 radical (unpaired) electrons. The fourth-order valence-electron chi connectivity index (χ4n) is 3.34. The number of halogens is 1. The number of nitrogens with one attached hydrogen (secondary N) is 1. The van der Waals surface area contributed by atoms with Gasteiger partial charge in [-0.2, -0.15) is 0 Å². The second-order valence-corrected chi connectivity index (χ2v) is 8.59. The first-order chi connectivity index (χ1) is 12.6. The molecule has 4 nitrogen and oxygen atoms in total. The number of nitrogens with zero attached hydrogens (tertiary/aromatic N) is 1. The first-order valence-corrected chi connectivity index (χ1v) is 9.51. The van der Waals surface area contributed by atoms with Gasteiger partial charge in [0.1, 0.15) is 0 Å². The minimum Gasteiger partial charge on any atom is -0.326 e. The van der Waals surface area contributed by atoms with Crippen molar-refractivity contribution >= 4 is 34.8 Å². The molecule has 2 amide bonds. The number of anilines is 2. The molecule has 2 aromatic rings. The summed E-state index contributed by atoms with van der Waals surface area (Å²) in [5, 5.41) is 3.57. The lowest BCUT2D eigenvalue weighted by Crippen LogP contribution is -2.28. The molecule has 0 spiro atoms. The zero-order valence-corrected chi connectivity index (χ0v) is 16.9. The lowest BCUT2D eigenvalue weighted by atomic mass is 9.87. The molecule has 0 aromatic heterocycles. The lowest BCUT2D eigenvalue weighted by Gasteiger charge is -2.20. The molecule has 5 heteroatoms. The van der Waals surface area contributed by atoms with Gasteiger partial charge >= 0.3 is 0 Å². The largest absolute Gasteiger partial charge is 0.326 e. The Labute approximate surface area is 165 Å². The Balaban J connectivity index is 1.69. The number of carbonyl (C=O) groups excluding carboxylic acids is 2. The maximum absolute atomic E-state index is 12.6. The van der Waals surface area contributed by atoms with E-state index in [9.17, 15) is 9.59 Å². The quantitative estimate of drug-likeness (QED) is 0.814. The highest BCUT2D eigenvalue weighted by atomic mass is 35.5. The van der Waals surface area contributed by atoms with Crippen molar-refractivity contribution in [2.24, 2.45) is 5.92 Å². The minimum absolute atomic E-state index is 0.0383. The standard InChI is InChI=1S/C22H25ClN2O2/c1-14-11-17(23)7-10-19(14)25-13-15(12-20(25)26)21(27)24-18-8-5-16(6-9-18)22(2,3)4/h5-11,15H,12-13H2,1-4H3,(H,24,27). The molecule has 27 heavy (non-hydrogen) atoms. The van der Waals surface area contributed by atoms with Crippen LogP contribution in [0.1, 0.15) is 38.3 Å². The van der Waals surface area contributed by atoms with Crippen molar-refractivity contribution in [3.63, 3.8) is 0 Å². The monoisotopic (exact) mass is 384 g/mol. The van der Waals surface area contributed by atoms with Crippen LogP contribution in [0, 0.1) is 12.8 Å². The van der Waals surface area contributed by atoms with E-state index in [-0.39, 0.29) is 29.6 Å². The summed E-state index contributed by atoms with van der Waals surface area (Å²) >= 11 is 6.00. The number of hydrogen-bond acceptors (Lipinski definition) is 2. The van der Waals surface area contributed by atoms with Crippen LogP contribution < -0.4 is 10.2 Å². The van der Waals surface area contributed by atoms with E-state index in [1.54, 1.807) is 11.0 Å². The Morgan fingerprint density at radius 2 is 1.81 bits per heavy atom. The third-order valence-electron chi connectivity index (χ3n) is 4.96. The van der Waals surface area contributed by atoms with Crippen LogP contribution in [0.3, 0.4) is 0 Å². The maximum atomic E-state index is 12.6. The van der Waals surface area contributed by atoms with Crippen molar-refractivity contribution in [2.75, 3.05) is 16.8 Å². The summed E-state index contributed by atoms with van der Waals surface area (Å²) in [6.45, 7) is 8.75. The van der Waals surface area contributed by atoms with Crippen LogP contribution in [0.25, 0.3) is 0 Å². The molecule has 1 unspecified atom stereocenters. The van der Waals surface area contributed by atoms with E-state index in [0.29, 0.717) is 11.6 Å². The van der Waals surface area contributed by atoms with E-state index in [2.05, 4.69) is 26.1 Å². The van der Waals surface area contributed by atoms with E-state index in [0.717, 1.165) is 16.9 Å². The van der Waals surface area contributed by atoms with Gasteiger partial charge in [-0.3, -0.25) is 9.59 Å². The van der Waals surface area contributed by atoms with Crippen LogP contribution in [-0.2, 0) is 15.0 Å². The zero-order chi connectivity index (χ0) is 19.8. The summed E-state index contributed by atoms with van der Waals surface area (Å²) in [5.41, 5.74) is 3.77. The number of carbonyl (C=O) groups is 2. The van der Waals surface area contributed by atoms with Gasteiger partial charge in [0.15, 0.2) is 0 Å². The van der Waals surface area contributed by atoms with E-state index < -0.39 is 0 Å². The van der Waals surface area contributed by atoms with Gasteiger partial charge < -0.3 is 10.2 Å². The Bertz CT molecular complexity index is 869. The van der Waals surface area contributed by atoms with Crippen molar-refractivity contribution in [3.8, 4) is 0 Å². The van der Waals surface area contributed by atoms with Crippen LogP contribution in [0.4, 0.5) is 11.4 Å². The molecule has 1 aliphatic rings. The Hall–Kier alpha value is -2.33. The number of aryl methyl sites for hydroxylation is 1. The van der Waals surface area contributed by atoms with Crippen molar-refractivity contribution < 1.29 is 9.59 Å². The molecule has 142 valence electrons. The second-order valence-electron chi connectivity index (χ2n) is 8.15. The summed E-state index contributed by atoms with van der Waals surface area (Å²) in [5.74, 6) is -0.528. The Morgan fingerprint density at radius 3 is 2.41 bits per heavy atom. The number of benzene rings is 2. The summed E-state index contributed by atoms with van der Waals surface area (Å²) < 4.78 is 0. The SMILES string of the molecule is Cc1cc(Cl)ccc1N1CC(C(=O)Nc2ccc(C(C)(C)C)cc2)CC1=O. The normalized spacial score (nSPS) is 17.3. The van der Waals surface area contributed by atoms with Gasteiger partial charge in [-0.05, 0) is 53.8 Å². The van der Waals surface area contributed by atoms with Gasteiger partial charge in [-0.15, -0.1) is 0 Å². The predicted octanol–water partition coefficient (Wildman–Crippen LogP) is 4.94. The van der Waals surface area contributed by atoms with Crippen LogP contribution in [0.2, 0.25) is 5.02 Å². The molecule has 1 fully saturated rings. The Morgan fingerprint density at radius 1 is 1.15 bits per heavy atom.